The zero-order chi connectivity index (χ0) is 11.5. The van der Waals surface area contributed by atoms with E-state index in [9.17, 15) is 9.18 Å². The van der Waals surface area contributed by atoms with Crippen molar-refractivity contribution in [3.63, 3.8) is 0 Å². The van der Waals surface area contributed by atoms with E-state index in [0.29, 0.717) is 5.56 Å². The van der Waals surface area contributed by atoms with E-state index in [4.69, 9.17) is 5.73 Å². The van der Waals surface area contributed by atoms with E-state index in [1.807, 2.05) is 0 Å². The van der Waals surface area contributed by atoms with E-state index in [1.54, 1.807) is 12.1 Å². The van der Waals surface area contributed by atoms with Gasteiger partial charge in [0.05, 0.1) is 0 Å². The second kappa shape index (κ2) is 4.74. The Labute approximate surface area is 94.6 Å². The van der Waals surface area contributed by atoms with Gasteiger partial charge in [0, 0.05) is 17.5 Å². The van der Waals surface area contributed by atoms with E-state index in [2.05, 4.69) is 0 Å². The van der Waals surface area contributed by atoms with Crippen LogP contribution >= 0.6 is 0 Å². The van der Waals surface area contributed by atoms with Gasteiger partial charge >= 0.3 is 0 Å². The number of benzene rings is 1. The molecule has 1 aromatic rings. The summed E-state index contributed by atoms with van der Waals surface area (Å²) in [6.45, 7) is 0. The molecule has 0 saturated heterocycles. The molecule has 0 amide bonds. The molecule has 16 heavy (non-hydrogen) atoms. The van der Waals surface area contributed by atoms with Gasteiger partial charge in [-0.05, 0) is 37.8 Å². The minimum absolute atomic E-state index is 0.0293. The van der Waals surface area contributed by atoms with Crippen molar-refractivity contribution in [1.29, 1.82) is 0 Å². The van der Waals surface area contributed by atoms with Crippen molar-refractivity contribution >= 4 is 5.78 Å². The van der Waals surface area contributed by atoms with Gasteiger partial charge in [-0.15, -0.1) is 0 Å². The lowest BCUT2D eigenvalue weighted by Gasteiger charge is -2.24. The summed E-state index contributed by atoms with van der Waals surface area (Å²) in [5, 5.41) is 0. The molecule has 2 nitrogen and oxygen atoms in total. The standard InChI is InChI=1S/C13H16FNO/c14-11-3-1-2-10(8-11)13(16)9-4-6-12(15)7-5-9/h1-3,8-9,12H,4-7,15H2. The third-order valence-corrected chi connectivity index (χ3v) is 3.25. The monoisotopic (exact) mass is 221 g/mol. The number of nitrogens with two attached hydrogens (primary N) is 1. The van der Waals surface area contributed by atoms with Gasteiger partial charge in [0.15, 0.2) is 5.78 Å². The SMILES string of the molecule is NC1CCC(C(=O)c2cccc(F)c2)CC1. The highest BCUT2D eigenvalue weighted by Gasteiger charge is 2.25. The van der Waals surface area contributed by atoms with Crippen molar-refractivity contribution in [1.82, 2.24) is 0 Å². The Bertz CT molecular complexity index is 383. The first-order chi connectivity index (χ1) is 7.66. The van der Waals surface area contributed by atoms with Crippen LogP contribution in [0.5, 0.6) is 0 Å². The molecule has 1 aromatic carbocycles. The Balaban J connectivity index is 2.08. The van der Waals surface area contributed by atoms with Crippen molar-refractivity contribution in [2.75, 3.05) is 0 Å². The number of ketones is 1. The van der Waals surface area contributed by atoms with Crippen LogP contribution in [-0.2, 0) is 0 Å². The van der Waals surface area contributed by atoms with Gasteiger partial charge in [0.2, 0.25) is 0 Å². The Kier molecular flexibility index (Phi) is 3.34. The Hall–Kier alpha value is -1.22. The molecule has 2 rings (SSSR count). The summed E-state index contributed by atoms with van der Waals surface area (Å²) >= 11 is 0. The van der Waals surface area contributed by atoms with Gasteiger partial charge in [-0.3, -0.25) is 4.79 Å². The molecule has 86 valence electrons. The lowest BCUT2D eigenvalue weighted by atomic mass is 9.82. The average molecular weight is 221 g/mol. The summed E-state index contributed by atoms with van der Waals surface area (Å²) in [6, 6.07) is 6.16. The number of hydrogen-bond acceptors (Lipinski definition) is 2. The molecule has 0 spiro atoms. The Morgan fingerprint density at radius 2 is 1.94 bits per heavy atom. The third-order valence-electron chi connectivity index (χ3n) is 3.25. The number of Topliss-reactive ketones (excluding diaryl/α,β-unsaturated/α-hetero) is 1. The van der Waals surface area contributed by atoms with E-state index < -0.39 is 0 Å². The smallest absolute Gasteiger partial charge is 0.166 e. The molecule has 1 aliphatic carbocycles. The zero-order valence-electron chi connectivity index (χ0n) is 9.16. The van der Waals surface area contributed by atoms with E-state index >= 15 is 0 Å². The van der Waals surface area contributed by atoms with Gasteiger partial charge in [-0.2, -0.15) is 0 Å². The third kappa shape index (κ3) is 2.47. The first-order valence-corrected chi connectivity index (χ1v) is 5.72. The van der Waals surface area contributed by atoms with Crippen LogP contribution in [0.2, 0.25) is 0 Å². The van der Waals surface area contributed by atoms with Crippen LogP contribution in [0, 0.1) is 11.7 Å². The average Bonchev–Trinajstić information content (AvgIpc) is 2.29. The summed E-state index contributed by atoms with van der Waals surface area (Å²) in [6.07, 6.45) is 3.45. The lowest BCUT2D eigenvalue weighted by Crippen LogP contribution is -2.29. The summed E-state index contributed by atoms with van der Waals surface area (Å²) in [5.41, 5.74) is 6.28. The Morgan fingerprint density at radius 1 is 1.25 bits per heavy atom. The van der Waals surface area contributed by atoms with Gasteiger partial charge < -0.3 is 5.73 Å². The van der Waals surface area contributed by atoms with Gasteiger partial charge in [-0.1, -0.05) is 12.1 Å². The molecule has 1 fully saturated rings. The maximum Gasteiger partial charge on any atom is 0.166 e. The van der Waals surface area contributed by atoms with Gasteiger partial charge in [0.25, 0.3) is 0 Å². The summed E-state index contributed by atoms with van der Waals surface area (Å²) in [7, 11) is 0. The normalized spacial score (nSPS) is 25.4. The fourth-order valence-electron chi connectivity index (χ4n) is 2.26. The second-order valence-electron chi connectivity index (χ2n) is 4.49. The highest BCUT2D eigenvalue weighted by molar-refractivity contribution is 5.97. The molecule has 0 heterocycles. The van der Waals surface area contributed by atoms with Crippen molar-refractivity contribution < 1.29 is 9.18 Å². The zero-order valence-corrected chi connectivity index (χ0v) is 9.16. The number of carbonyl (C=O) groups is 1. The first-order valence-electron chi connectivity index (χ1n) is 5.72. The predicted octanol–water partition coefficient (Wildman–Crippen LogP) is 2.53. The first kappa shape index (κ1) is 11.3. The second-order valence-corrected chi connectivity index (χ2v) is 4.49. The molecule has 3 heteroatoms. The van der Waals surface area contributed by atoms with Crippen molar-refractivity contribution in [3.05, 3.63) is 35.6 Å². The van der Waals surface area contributed by atoms with Gasteiger partial charge in [0.1, 0.15) is 5.82 Å². The highest BCUT2D eigenvalue weighted by Crippen LogP contribution is 2.26. The predicted molar refractivity (Wildman–Crippen MR) is 60.7 cm³/mol. The number of hydrogen-bond donors (Lipinski definition) is 1. The highest BCUT2D eigenvalue weighted by atomic mass is 19.1. The fraction of sp³-hybridized carbons (Fsp3) is 0.462. The maximum atomic E-state index is 13.0. The quantitative estimate of drug-likeness (QED) is 0.780. The maximum absolute atomic E-state index is 13.0. The molecule has 1 aliphatic rings. The summed E-state index contributed by atoms with van der Waals surface area (Å²) in [5.74, 6) is -0.258. The summed E-state index contributed by atoms with van der Waals surface area (Å²) < 4.78 is 13.0. The van der Waals surface area contributed by atoms with E-state index in [0.717, 1.165) is 25.7 Å². The minimum Gasteiger partial charge on any atom is -0.328 e. The molecule has 0 bridgehead atoms. The van der Waals surface area contributed by atoms with Gasteiger partial charge in [-0.25, -0.2) is 4.39 Å². The van der Waals surface area contributed by atoms with E-state index in [-0.39, 0.29) is 23.6 Å². The molecule has 0 aromatic heterocycles. The molecular formula is C13H16FNO. The van der Waals surface area contributed by atoms with E-state index in [1.165, 1.54) is 12.1 Å². The van der Waals surface area contributed by atoms with Crippen LogP contribution < -0.4 is 5.73 Å². The van der Waals surface area contributed by atoms with Crippen molar-refractivity contribution in [2.24, 2.45) is 11.7 Å². The van der Waals surface area contributed by atoms with Crippen LogP contribution in [0.4, 0.5) is 4.39 Å². The minimum atomic E-state index is -0.349. The molecule has 0 atom stereocenters. The molecule has 2 N–H and O–H groups in total. The largest absolute Gasteiger partial charge is 0.328 e. The molecule has 0 radical (unpaired) electrons. The lowest BCUT2D eigenvalue weighted by molar-refractivity contribution is 0.0884. The fourth-order valence-corrected chi connectivity index (χ4v) is 2.26. The van der Waals surface area contributed by atoms with Crippen molar-refractivity contribution in [3.8, 4) is 0 Å². The molecule has 1 saturated carbocycles. The molecule has 0 aliphatic heterocycles. The Morgan fingerprint density at radius 3 is 2.56 bits per heavy atom. The number of carbonyl (C=O) groups excluding carboxylic acids is 1. The van der Waals surface area contributed by atoms with Crippen LogP contribution in [-0.4, -0.2) is 11.8 Å². The molecular weight excluding hydrogens is 205 g/mol. The number of rotatable bonds is 2. The van der Waals surface area contributed by atoms with Crippen LogP contribution in [0.15, 0.2) is 24.3 Å². The van der Waals surface area contributed by atoms with Crippen molar-refractivity contribution in [2.45, 2.75) is 31.7 Å². The topological polar surface area (TPSA) is 43.1 Å². The van der Waals surface area contributed by atoms with Crippen LogP contribution in [0.1, 0.15) is 36.0 Å². The van der Waals surface area contributed by atoms with Crippen LogP contribution in [0.25, 0.3) is 0 Å². The summed E-state index contributed by atoms with van der Waals surface area (Å²) in [4.78, 5) is 12.1. The number of halogens is 1. The van der Waals surface area contributed by atoms with Crippen LogP contribution in [0.3, 0.4) is 0 Å². The molecule has 0 unspecified atom stereocenters.